The van der Waals surface area contributed by atoms with E-state index in [9.17, 15) is 0 Å². The van der Waals surface area contributed by atoms with E-state index < -0.39 is 0 Å². The number of nitrogens with zero attached hydrogens (tertiary/aromatic N) is 3. The summed E-state index contributed by atoms with van der Waals surface area (Å²) in [5.41, 5.74) is 4.55. The van der Waals surface area contributed by atoms with E-state index in [0.29, 0.717) is 5.02 Å². The summed E-state index contributed by atoms with van der Waals surface area (Å²) in [4.78, 5) is 14.7. The number of aromatic amines is 1. The van der Waals surface area contributed by atoms with Gasteiger partial charge in [-0.25, -0.2) is 4.98 Å². The highest BCUT2D eigenvalue weighted by molar-refractivity contribution is 6.30. The van der Waals surface area contributed by atoms with Crippen molar-refractivity contribution in [3.8, 4) is 5.75 Å². The molecule has 3 aromatic rings. The standard InChI is InChI=1S/C19H19ClN4O/c1-25-16-6-2-13(3-7-16)17-10-24(11-18-19(17)23-12-22-18)9-15-5-4-14(20)8-21-15/h2-8,12,17H,9-11H2,1H3,(H,22,23). The Kier molecular flexibility index (Phi) is 4.42. The van der Waals surface area contributed by atoms with Crippen LogP contribution in [0.5, 0.6) is 5.75 Å². The van der Waals surface area contributed by atoms with Gasteiger partial charge in [0.15, 0.2) is 0 Å². The topological polar surface area (TPSA) is 54.0 Å². The van der Waals surface area contributed by atoms with E-state index in [1.807, 2.05) is 24.3 Å². The molecule has 1 aliphatic heterocycles. The van der Waals surface area contributed by atoms with Crippen molar-refractivity contribution in [3.05, 3.63) is 76.6 Å². The Bertz CT molecular complexity index is 845. The number of halogens is 1. The molecule has 0 radical (unpaired) electrons. The van der Waals surface area contributed by atoms with Gasteiger partial charge in [0.25, 0.3) is 0 Å². The average Bonchev–Trinajstić information content (AvgIpc) is 3.12. The summed E-state index contributed by atoms with van der Waals surface area (Å²) in [7, 11) is 1.68. The quantitative estimate of drug-likeness (QED) is 0.777. The lowest BCUT2D eigenvalue weighted by Crippen LogP contribution is -2.34. The van der Waals surface area contributed by atoms with Gasteiger partial charge in [0.1, 0.15) is 5.75 Å². The normalized spacial score (nSPS) is 17.3. The number of pyridine rings is 1. The number of imidazole rings is 1. The van der Waals surface area contributed by atoms with Crippen LogP contribution in [0.4, 0.5) is 0 Å². The molecule has 0 saturated carbocycles. The van der Waals surface area contributed by atoms with E-state index in [1.54, 1.807) is 19.6 Å². The third-order valence-corrected chi connectivity index (χ3v) is 4.82. The number of H-pyrrole nitrogens is 1. The molecule has 0 aliphatic carbocycles. The van der Waals surface area contributed by atoms with Crippen molar-refractivity contribution in [2.24, 2.45) is 0 Å². The van der Waals surface area contributed by atoms with Gasteiger partial charge < -0.3 is 9.72 Å². The first-order valence-electron chi connectivity index (χ1n) is 8.22. The predicted octanol–water partition coefficient (Wildman–Crippen LogP) is 3.61. The zero-order valence-corrected chi connectivity index (χ0v) is 14.7. The molecule has 128 valence electrons. The van der Waals surface area contributed by atoms with Crippen LogP contribution in [-0.2, 0) is 13.1 Å². The second-order valence-electron chi connectivity index (χ2n) is 6.23. The van der Waals surface area contributed by atoms with E-state index in [-0.39, 0.29) is 5.92 Å². The summed E-state index contributed by atoms with van der Waals surface area (Å²) in [6.45, 7) is 2.52. The first kappa shape index (κ1) is 16.1. The van der Waals surface area contributed by atoms with Crippen LogP contribution < -0.4 is 4.74 Å². The van der Waals surface area contributed by atoms with Crippen molar-refractivity contribution in [1.82, 2.24) is 19.9 Å². The maximum absolute atomic E-state index is 5.94. The minimum absolute atomic E-state index is 0.230. The van der Waals surface area contributed by atoms with Gasteiger partial charge in [0, 0.05) is 31.7 Å². The Labute approximate surface area is 151 Å². The fourth-order valence-electron chi connectivity index (χ4n) is 3.34. The van der Waals surface area contributed by atoms with Crippen LogP contribution in [0.3, 0.4) is 0 Å². The second-order valence-corrected chi connectivity index (χ2v) is 6.67. The summed E-state index contributed by atoms with van der Waals surface area (Å²) in [6, 6.07) is 12.1. The molecule has 0 bridgehead atoms. The summed E-state index contributed by atoms with van der Waals surface area (Å²) in [5.74, 6) is 1.09. The largest absolute Gasteiger partial charge is 0.497 e. The maximum atomic E-state index is 5.94. The van der Waals surface area contributed by atoms with Crippen molar-refractivity contribution in [2.75, 3.05) is 13.7 Å². The van der Waals surface area contributed by atoms with Gasteiger partial charge in [-0.2, -0.15) is 0 Å². The Morgan fingerprint density at radius 2 is 2.04 bits per heavy atom. The number of ether oxygens (including phenoxy) is 1. The summed E-state index contributed by atoms with van der Waals surface area (Å²) in [6.07, 6.45) is 3.48. The van der Waals surface area contributed by atoms with Crippen molar-refractivity contribution < 1.29 is 4.74 Å². The van der Waals surface area contributed by atoms with Crippen LogP contribution in [0.15, 0.2) is 48.9 Å². The van der Waals surface area contributed by atoms with Crippen LogP contribution in [0.25, 0.3) is 0 Å². The highest BCUT2D eigenvalue weighted by Crippen LogP contribution is 2.32. The molecule has 0 spiro atoms. The molecule has 1 aliphatic rings. The molecule has 3 heterocycles. The zero-order valence-electron chi connectivity index (χ0n) is 13.9. The number of rotatable bonds is 4. The van der Waals surface area contributed by atoms with E-state index in [0.717, 1.165) is 36.8 Å². The molecule has 6 heteroatoms. The molecule has 1 atom stereocenters. The Morgan fingerprint density at radius 3 is 2.76 bits per heavy atom. The molecule has 1 aromatic carbocycles. The average molecular weight is 355 g/mol. The predicted molar refractivity (Wildman–Crippen MR) is 96.8 cm³/mol. The lowest BCUT2D eigenvalue weighted by atomic mass is 9.91. The van der Waals surface area contributed by atoms with Crippen molar-refractivity contribution in [2.45, 2.75) is 19.0 Å². The third kappa shape index (κ3) is 3.38. The number of aromatic nitrogens is 3. The van der Waals surface area contributed by atoms with Gasteiger partial charge in [0.2, 0.25) is 0 Å². The molecular weight excluding hydrogens is 336 g/mol. The first-order chi connectivity index (χ1) is 12.2. The molecule has 1 N–H and O–H groups in total. The smallest absolute Gasteiger partial charge is 0.118 e. The molecule has 25 heavy (non-hydrogen) atoms. The van der Waals surface area contributed by atoms with Gasteiger partial charge >= 0.3 is 0 Å². The van der Waals surface area contributed by atoms with Crippen LogP contribution in [0, 0.1) is 0 Å². The van der Waals surface area contributed by atoms with Gasteiger partial charge in [-0.15, -0.1) is 0 Å². The summed E-state index contributed by atoms with van der Waals surface area (Å²) < 4.78 is 5.27. The van der Waals surface area contributed by atoms with Crippen molar-refractivity contribution >= 4 is 11.6 Å². The SMILES string of the molecule is COc1ccc(C2CN(Cc3ccc(Cl)cn3)Cc3[nH]cnc32)cc1. The molecule has 4 rings (SSSR count). The fourth-order valence-corrected chi connectivity index (χ4v) is 3.45. The van der Waals surface area contributed by atoms with Crippen molar-refractivity contribution in [3.63, 3.8) is 0 Å². The minimum atomic E-state index is 0.230. The molecular formula is C19H19ClN4O. The van der Waals surface area contributed by atoms with Gasteiger partial charge in [-0.05, 0) is 29.8 Å². The molecule has 5 nitrogen and oxygen atoms in total. The van der Waals surface area contributed by atoms with Crippen LogP contribution in [0.2, 0.25) is 5.02 Å². The van der Waals surface area contributed by atoms with E-state index >= 15 is 0 Å². The monoisotopic (exact) mass is 354 g/mol. The van der Waals surface area contributed by atoms with E-state index in [1.165, 1.54) is 11.3 Å². The van der Waals surface area contributed by atoms with Gasteiger partial charge in [-0.1, -0.05) is 23.7 Å². The molecule has 2 aromatic heterocycles. The molecule has 0 saturated heterocycles. The number of nitrogens with one attached hydrogen (secondary N) is 1. The summed E-state index contributed by atoms with van der Waals surface area (Å²) >= 11 is 5.94. The number of hydrogen-bond acceptors (Lipinski definition) is 4. The highest BCUT2D eigenvalue weighted by Gasteiger charge is 2.29. The lowest BCUT2D eigenvalue weighted by Gasteiger charge is -2.32. The minimum Gasteiger partial charge on any atom is -0.497 e. The summed E-state index contributed by atoms with van der Waals surface area (Å²) in [5, 5.41) is 0.661. The maximum Gasteiger partial charge on any atom is 0.118 e. The first-order valence-corrected chi connectivity index (χ1v) is 8.59. The second kappa shape index (κ2) is 6.86. The van der Waals surface area contributed by atoms with Crippen molar-refractivity contribution in [1.29, 1.82) is 0 Å². The van der Waals surface area contributed by atoms with E-state index in [2.05, 4.69) is 32.0 Å². The number of fused-ring (bicyclic) bond motifs is 1. The number of methoxy groups -OCH3 is 1. The molecule has 0 amide bonds. The van der Waals surface area contributed by atoms with Gasteiger partial charge in [0.05, 0.1) is 35.5 Å². The Hall–Kier alpha value is -2.37. The van der Waals surface area contributed by atoms with Crippen LogP contribution in [0.1, 0.15) is 28.6 Å². The molecule has 1 unspecified atom stereocenters. The Morgan fingerprint density at radius 1 is 1.20 bits per heavy atom. The van der Waals surface area contributed by atoms with Crippen LogP contribution >= 0.6 is 11.6 Å². The Balaban J connectivity index is 1.59. The number of benzene rings is 1. The highest BCUT2D eigenvalue weighted by atomic mass is 35.5. The number of hydrogen-bond donors (Lipinski definition) is 1. The lowest BCUT2D eigenvalue weighted by molar-refractivity contribution is 0.225. The molecule has 0 fully saturated rings. The third-order valence-electron chi connectivity index (χ3n) is 4.60. The fraction of sp³-hybridized carbons (Fsp3) is 0.263. The van der Waals surface area contributed by atoms with Crippen LogP contribution in [-0.4, -0.2) is 33.5 Å². The van der Waals surface area contributed by atoms with Gasteiger partial charge in [-0.3, -0.25) is 9.88 Å². The zero-order chi connectivity index (χ0) is 17.2. The van der Waals surface area contributed by atoms with E-state index in [4.69, 9.17) is 16.3 Å².